The third-order valence-corrected chi connectivity index (χ3v) is 11.5. The molecule has 10 aromatic rings. The zero-order valence-corrected chi connectivity index (χ0v) is 32.5. The molecule has 288 valence electrons. The minimum atomic E-state index is -4.60. The van der Waals surface area contributed by atoms with Crippen LogP contribution in [0.5, 0.6) is 0 Å². The lowest BCUT2D eigenvalue weighted by molar-refractivity contribution is -0.137. The van der Waals surface area contributed by atoms with E-state index in [0.29, 0.717) is 44.9 Å². The molecule has 0 aliphatic rings. The second kappa shape index (κ2) is 14.2. The SMILES string of the molecule is [C-]#[N+]c1ccc(-c2ccc3c4ccccc4n(-c4cc(C#N)c(-n5c6ccccc6c6ccc(-c7ccc(C#N)cc7)cc65)cc4-c4cc(C)cc(C(F)(F)F)c4)c3c2)cc1. The Morgan fingerprint density at radius 1 is 0.508 bits per heavy atom. The minimum absolute atomic E-state index is 0.325. The van der Waals surface area contributed by atoms with Crippen LogP contribution in [0.3, 0.4) is 0 Å². The Hall–Kier alpha value is -8.38. The fourth-order valence-corrected chi connectivity index (χ4v) is 8.65. The van der Waals surface area contributed by atoms with Crippen molar-refractivity contribution in [2.45, 2.75) is 13.1 Å². The van der Waals surface area contributed by atoms with Gasteiger partial charge in [0.05, 0.1) is 62.8 Å². The number of fused-ring (bicyclic) bond motifs is 6. The zero-order chi connectivity index (χ0) is 42.0. The Bertz CT molecular complexity index is 3550. The number of para-hydroxylation sites is 2. The van der Waals surface area contributed by atoms with Crippen LogP contribution in [0.2, 0.25) is 0 Å². The molecule has 5 nitrogen and oxygen atoms in total. The van der Waals surface area contributed by atoms with Gasteiger partial charge in [0.15, 0.2) is 5.69 Å². The molecule has 2 aromatic heterocycles. The average Bonchev–Trinajstić information content (AvgIpc) is 3.80. The number of aryl methyl sites for hydroxylation is 1. The Labute approximate surface area is 348 Å². The molecule has 0 fully saturated rings. The quantitative estimate of drug-likeness (QED) is 0.163. The number of nitriles is 2. The maximum atomic E-state index is 14.6. The van der Waals surface area contributed by atoms with Gasteiger partial charge < -0.3 is 9.13 Å². The molecule has 8 heteroatoms. The van der Waals surface area contributed by atoms with E-state index in [1.54, 1.807) is 43.3 Å². The molecular formula is C53H30F3N5. The van der Waals surface area contributed by atoms with Gasteiger partial charge in [0.25, 0.3) is 0 Å². The molecule has 0 saturated carbocycles. The summed E-state index contributed by atoms with van der Waals surface area (Å²) in [6, 6.07) is 55.2. The molecule has 8 aromatic carbocycles. The van der Waals surface area contributed by atoms with Gasteiger partial charge in [0, 0.05) is 27.1 Å². The number of nitrogens with zero attached hydrogens (tertiary/aromatic N) is 5. The van der Waals surface area contributed by atoms with Crippen LogP contribution < -0.4 is 0 Å². The van der Waals surface area contributed by atoms with Gasteiger partial charge in [-0.25, -0.2) is 4.85 Å². The molecular weight excluding hydrogens is 764 g/mol. The van der Waals surface area contributed by atoms with Gasteiger partial charge in [-0.1, -0.05) is 103 Å². The van der Waals surface area contributed by atoms with Crippen LogP contribution in [0.15, 0.2) is 164 Å². The first-order chi connectivity index (χ1) is 29.6. The summed E-state index contributed by atoms with van der Waals surface area (Å²) in [5.74, 6) is 0. The maximum Gasteiger partial charge on any atom is 0.416 e. The summed E-state index contributed by atoms with van der Waals surface area (Å²) < 4.78 is 47.9. The van der Waals surface area contributed by atoms with E-state index in [0.717, 1.165) is 71.9 Å². The summed E-state index contributed by atoms with van der Waals surface area (Å²) in [6.07, 6.45) is -4.60. The molecule has 2 heterocycles. The van der Waals surface area contributed by atoms with E-state index in [4.69, 9.17) is 6.57 Å². The normalized spacial score (nSPS) is 11.6. The maximum absolute atomic E-state index is 14.6. The van der Waals surface area contributed by atoms with Crippen molar-refractivity contribution < 1.29 is 13.2 Å². The van der Waals surface area contributed by atoms with Crippen LogP contribution in [0.25, 0.3) is 93.2 Å². The first-order valence-electron chi connectivity index (χ1n) is 19.5. The van der Waals surface area contributed by atoms with Gasteiger partial charge in [0.1, 0.15) is 6.07 Å². The van der Waals surface area contributed by atoms with E-state index in [1.165, 1.54) is 6.07 Å². The molecule has 0 aliphatic heterocycles. The fourth-order valence-electron chi connectivity index (χ4n) is 8.65. The molecule has 0 unspecified atom stereocenters. The van der Waals surface area contributed by atoms with Crippen LogP contribution in [0, 0.1) is 36.2 Å². The van der Waals surface area contributed by atoms with Gasteiger partial charge in [-0.3, -0.25) is 0 Å². The van der Waals surface area contributed by atoms with Crippen LogP contribution in [0.1, 0.15) is 22.3 Å². The molecule has 0 radical (unpaired) electrons. The standard InChI is InChI=1S/C53H30F3N5/c1-32-23-38(25-40(24-32)53(54,55)56)46-29-49(60-47-9-5-3-7-42(47)44-21-17-36(26-50(44)60)34-13-11-33(30-57)12-14-34)39(31-58)28-52(46)61-48-10-6-4-8-43(48)45-22-18-37(27-51(45)61)35-15-19-41(59-2)20-16-35/h3-29H,1H3. The molecule has 61 heavy (non-hydrogen) atoms. The van der Waals surface area contributed by atoms with Gasteiger partial charge in [-0.2, -0.15) is 23.7 Å². The molecule has 10 rings (SSSR count). The molecule has 0 atom stereocenters. The predicted octanol–water partition coefficient (Wildman–Crippen LogP) is 14.5. The van der Waals surface area contributed by atoms with Crippen LogP contribution in [-0.2, 0) is 6.18 Å². The lowest BCUT2D eigenvalue weighted by Gasteiger charge is -2.20. The van der Waals surface area contributed by atoms with Crippen molar-refractivity contribution in [3.63, 3.8) is 0 Å². The minimum Gasteiger partial charge on any atom is -0.309 e. The Kier molecular flexibility index (Phi) is 8.58. The highest BCUT2D eigenvalue weighted by atomic mass is 19.4. The monoisotopic (exact) mass is 793 g/mol. The lowest BCUT2D eigenvalue weighted by atomic mass is 9.95. The Balaban J connectivity index is 1.31. The number of rotatable bonds is 5. The molecule has 0 amide bonds. The third-order valence-electron chi connectivity index (χ3n) is 11.5. The molecule has 0 spiro atoms. The summed E-state index contributed by atoms with van der Waals surface area (Å²) in [7, 11) is 0. The van der Waals surface area contributed by atoms with Gasteiger partial charge in [0.2, 0.25) is 0 Å². The van der Waals surface area contributed by atoms with Crippen LogP contribution in [-0.4, -0.2) is 9.13 Å². The van der Waals surface area contributed by atoms with Crippen molar-refractivity contribution in [1.82, 2.24) is 9.13 Å². The second-order valence-corrected chi connectivity index (χ2v) is 15.1. The zero-order valence-electron chi connectivity index (χ0n) is 32.5. The molecule has 0 saturated heterocycles. The number of halogens is 3. The topological polar surface area (TPSA) is 61.8 Å². The van der Waals surface area contributed by atoms with Crippen molar-refractivity contribution in [2.75, 3.05) is 0 Å². The van der Waals surface area contributed by atoms with Crippen molar-refractivity contribution in [2.24, 2.45) is 0 Å². The number of aromatic nitrogens is 2. The number of benzene rings is 8. The predicted molar refractivity (Wildman–Crippen MR) is 237 cm³/mol. The van der Waals surface area contributed by atoms with Crippen molar-refractivity contribution in [3.05, 3.63) is 197 Å². The van der Waals surface area contributed by atoms with E-state index >= 15 is 0 Å². The van der Waals surface area contributed by atoms with Gasteiger partial charge >= 0.3 is 6.18 Å². The van der Waals surface area contributed by atoms with E-state index in [2.05, 4.69) is 29.1 Å². The summed E-state index contributed by atoms with van der Waals surface area (Å²) in [6.45, 7) is 9.08. The highest BCUT2D eigenvalue weighted by molar-refractivity contribution is 6.12. The van der Waals surface area contributed by atoms with E-state index in [-0.39, 0.29) is 0 Å². The van der Waals surface area contributed by atoms with Crippen LogP contribution >= 0.6 is 0 Å². The Morgan fingerprint density at radius 2 is 1.03 bits per heavy atom. The highest BCUT2D eigenvalue weighted by Gasteiger charge is 2.32. The van der Waals surface area contributed by atoms with Crippen molar-refractivity contribution in [1.29, 1.82) is 10.5 Å². The molecule has 0 N–H and O–H groups in total. The lowest BCUT2D eigenvalue weighted by Crippen LogP contribution is -2.07. The highest BCUT2D eigenvalue weighted by Crippen LogP contribution is 2.43. The smallest absolute Gasteiger partial charge is 0.309 e. The Morgan fingerprint density at radius 3 is 1.57 bits per heavy atom. The van der Waals surface area contributed by atoms with Crippen LogP contribution in [0.4, 0.5) is 18.9 Å². The van der Waals surface area contributed by atoms with E-state index in [9.17, 15) is 23.7 Å². The summed E-state index contributed by atoms with van der Waals surface area (Å²) in [5, 5.41) is 24.3. The summed E-state index contributed by atoms with van der Waals surface area (Å²) in [5.41, 5.74) is 9.85. The second-order valence-electron chi connectivity index (χ2n) is 15.1. The van der Waals surface area contributed by atoms with E-state index in [1.807, 2.05) is 112 Å². The number of hydrogen-bond acceptors (Lipinski definition) is 2. The summed E-state index contributed by atoms with van der Waals surface area (Å²) in [4.78, 5) is 3.54. The summed E-state index contributed by atoms with van der Waals surface area (Å²) >= 11 is 0. The first kappa shape index (κ1) is 36.9. The fraction of sp³-hybridized carbons (Fsp3) is 0.0377. The number of alkyl halides is 3. The largest absolute Gasteiger partial charge is 0.416 e. The molecule has 0 bridgehead atoms. The first-order valence-corrected chi connectivity index (χ1v) is 19.5. The third kappa shape index (κ3) is 6.16. The number of hydrogen-bond donors (Lipinski definition) is 0. The average molecular weight is 794 g/mol. The van der Waals surface area contributed by atoms with Crippen molar-refractivity contribution >= 4 is 49.3 Å². The molecule has 0 aliphatic carbocycles. The van der Waals surface area contributed by atoms with Gasteiger partial charge in [-0.15, -0.1) is 0 Å². The van der Waals surface area contributed by atoms with E-state index < -0.39 is 11.7 Å². The van der Waals surface area contributed by atoms with Gasteiger partial charge in [-0.05, 0) is 101 Å². The van der Waals surface area contributed by atoms with Crippen molar-refractivity contribution in [3.8, 4) is 56.9 Å².